The van der Waals surface area contributed by atoms with Crippen LogP contribution in [0.2, 0.25) is 0 Å². The highest BCUT2D eigenvalue weighted by atomic mass is 32.2. The third kappa shape index (κ3) is 5.90. The van der Waals surface area contributed by atoms with E-state index >= 15 is 0 Å². The van der Waals surface area contributed by atoms with E-state index in [4.69, 9.17) is 4.74 Å². The average Bonchev–Trinajstić information content (AvgIpc) is 3.04. The predicted molar refractivity (Wildman–Crippen MR) is 128 cm³/mol. The maximum Gasteiger partial charge on any atom is 0.265 e. The third-order valence-electron chi connectivity index (χ3n) is 5.79. The first-order valence-electron chi connectivity index (χ1n) is 11.4. The van der Waals surface area contributed by atoms with Crippen LogP contribution in [0.3, 0.4) is 0 Å². The number of hydrogen-bond donors (Lipinski definition) is 1. The lowest BCUT2D eigenvalue weighted by Crippen LogP contribution is -2.32. The lowest BCUT2D eigenvalue weighted by molar-refractivity contribution is -0.122. The molecule has 32 heavy (non-hydrogen) atoms. The molecule has 0 saturated carbocycles. The quantitative estimate of drug-likeness (QED) is 0.627. The average molecular weight is 459 g/mol. The zero-order valence-corrected chi connectivity index (χ0v) is 20.2. The molecule has 1 saturated heterocycles. The fourth-order valence-corrected chi connectivity index (χ4v) is 5.37. The van der Waals surface area contributed by atoms with E-state index in [1.165, 1.54) is 0 Å². The van der Waals surface area contributed by atoms with Gasteiger partial charge in [0.2, 0.25) is 10.0 Å². The molecule has 1 aliphatic heterocycles. The molecule has 3 rings (SSSR count). The highest BCUT2D eigenvalue weighted by Gasteiger charge is 2.25. The number of rotatable bonds is 7. The largest absolute Gasteiger partial charge is 0.481 e. The van der Waals surface area contributed by atoms with Crippen molar-refractivity contribution in [2.24, 2.45) is 0 Å². The van der Waals surface area contributed by atoms with Crippen molar-refractivity contribution in [3.05, 3.63) is 53.6 Å². The summed E-state index contributed by atoms with van der Waals surface area (Å²) in [6.07, 6.45) is 3.22. The molecule has 1 atom stereocenters. The molecular weight excluding hydrogens is 424 g/mol. The Morgan fingerprint density at radius 2 is 1.59 bits per heavy atom. The Morgan fingerprint density at radius 3 is 2.19 bits per heavy atom. The van der Waals surface area contributed by atoms with Crippen LogP contribution < -0.4 is 10.1 Å². The minimum atomic E-state index is -3.51. The van der Waals surface area contributed by atoms with E-state index < -0.39 is 16.1 Å². The number of hydrogen-bond acceptors (Lipinski definition) is 4. The number of nitrogens with zero attached hydrogens (tertiary/aromatic N) is 1. The van der Waals surface area contributed by atoms with Gasteiger partial charge in [0.25, 0.3) is 5.91 Å². The molecule has 7 heteroatoms. The maximum atomic E-state index is 12.9. The molecule has 0 aliphatic carbocycles. The van der Waals surface area contributed by atoms with Gasteiger partial charge in [-0.15, -0.1) is 0 Å². The summed E-state index contributed by atoms with van der Waals surface area (Å²) in [5, 5.41) is 2.82. The molecule has 1 fully saturated rings. The van der Waals surface area contributed by atoms with E-state index in [2.05, 4.69) is 19.2 Å². The Balaban J connectivity index is 1.66. The van der Waals surface area contributed by atoms with Gasteiger partial charge in [0.05, 0.1) is 4.90 Å². The second-order valence-corrected chi connectivity index (χ2v) is 10.7. The number of amides is 1. The van der Waals surface area contributed by atoms with Crippen LogP contribution in [0, 0.1) is 6.92 Å². The monoisotopic (exact) mass is 458 g/mol. The molecule has 6 nitrogen and oxygen atoms in total. The molecule has 1 heterocycles. The van der Waals surface area contributed by atoms with Crippen LogP contribution >= 0.6 is 0 Å². The van der Waals surface area contributed by atoms with Crippen molar-refractivity contribution in [1.82, 2.24) is 4.31 Å². The highest BCUT2D eigenvalue weighted by Crippen LogP contribution is 2.28. The summed E-state index contributed by atoms with van der Waals surface area (Å²) in [6, 6.07) is 12.4. The van der Waals surface area contributed by atoms with Crippen LogP contribution in [-0.2, 0) is 14.8 Å². The Kier molecular flexibility index (Phi) is 7.96. The summed E-state index contributed by atoms with van der Waals surface area (Å²) in [5.41, 5.74) is 2.66. The number of benzene rings is 2. The van der Waals surface area contributed by atoms with Crippen molar-refractivity contribution in [2.45, 2.75) is 70.3 Å². The molecule has 0 spiro atoms. The van der Waals surface area contributed by atoms with Crippen LogP contribution in [0.5, 0.6) is 5.75 Å². The molecule has 0 unspecified atom stereocenters. The molecule has 0 aromatic heterocycles. The van der Waals surface area contributed by atoms with E-state index in [-0.39, 0.29) is 16.7 Å². The normalized spacial score (nSPS) is 16.4. The zero-order chi connectivity index (χ0) is 23.3. The van der Waals surface area contributed by atoms with Crippen molar-refractivity contribution in [3.8, 4) is 5.75 Å². The van der Waals surface area contributed by atoms with Crippen molar-refractivity contribution < 1.29 is 17.9 Å². The molecule has 174 valence electrons. The fraction of sp³-hybridized carbons (Fsp3) is 0.480. The van der Waals surface area contributed by atoms with Gasteiger partial charge in [0.1, 0.15) is 5.75 Å². The Labute approximate surface area is 192 Å². The van der Waals surface area contributed by atoms with E-state index in [1.54, 1.807) is 35.5 Å². The fourth-order valence-electron chi connectivity index (χ4n) is 3.85. The second kappa shape index (κ2) is 10.5. The lowest BCUT2D eigenvalue weighted by Gasteiger charge is -2.20. The predicted octanol–water partition coefficient (Wildman–Crippen LogP) is 5.09. The standard InChI is InChI=1S/C25H34N2O4S/c1-18(2)23-14-9-19(3)17-24(23)31-20(4)25(28)26-21-10-12-22(13-11-21)32(29,30)27-15-7-5-6-8-16-27/h9-14,17-18,20H,5-8,15-16H2,1-4H3,(H,26,28)/t20-/m0/s1. The molecule has 2 aromatic rings. The van der Waals surface area contributed by atoms with Gasteiger partial charge in [0, 0.05) is 18.8 Å². The molecule has 1 amide bonds. The van der Waals surface area contributed by atoms with Crippen molar-refractivity contribution >= 4 is 21.6 Å². The summed E-state index contributed by atoms with van der Waals surface area (Å²) in [7, 11) is -3.51. The maximum absolute atomic E-state index is 12.9. The van der Waals surface area contributed by atoms with Crippen molar-refractivity contribution in [3.63, 3.8) is 0 Å². The van der Waals surface area contributed by atoms with Gasteiger partial charge in [-0.3, -0.25) is 4.79 Å². The first-order chi connectivity index (χ1) is 15.2. The number of anilines is 1. The Hall–Kier alpha value is -2.38. The summed E-state index contributed by atoms with van der Waals surface area (Å²) in [5.74, 6) is 0.699. The van der Waals surface area contributed by atoms with Gasteiger partial charge in [-0.05, 0) is 74.1 Å². The minimum absolute atomic E-state index is 0.253. The first-order valence-corrected chi connectivity index (χ1v) is 12.8. The van der Waals surface area contributed by atoms with E-state index in [9.17, 15) is 13.2 Å². The number of carbonyl (C=O) groups is 1. The molecule has 2 aromatic carbocycles. The SMILES string of the molecule is Cc1ccc(C(C)C)c(O[C@@H](C)C(=O)Nc2ccc(S(=O)(=O)N3CCCCCC3)cc2)c1. The number of carbonyl (C=O) groups excluding carboxylic acids is 1. The summed E-state index contributed by atoms with van der Waals surface area (Å²) in [6.45, 7) is 9.00. The first kappa shape index (κ1) is 24.3. The second-order valence-electron chi connectivity index (χ2n) is 8.79. The van der Waals surface area contributed by atoms with Gasteiger partial charge in [0.15, 0.2) is 6.10 Å². The molecule has 0 radical (unpaired) electrons. The van der Waals surface area contributed by atoms with Crippen LogP contribution in [0.15, 0.2) is 47.4 Å². The summed E-state index contributed by atoms with van der Waals surface area (Å²) >= 11 is 0. The van der Waals surface area contributed by atoms with Crippen LogP contribution in [0.25, 0.3) is 0 Å². The van der Waals surface area contributed by atoms with E-state index in [1.807, 2.05) is 25.1 Å². The lowest BCUT2D eigenvalue weighted by atomic mass is 10.0. The number of aryl methyl sites for hydroxylation is 1. The zero-order valence-electron chi connectivity index (χ0n) is 19.4. The smallest absolute Gasteiger partial charge is 0.265 e. The highest BCUT2D eigenvalue weighted by molar-refractivity contribution is 7.89. The number of nitrogens with one attached hydrogen (secondary N) is 1. The van der Waals surface area contributed by atoms with E-state index in [0.717, 1.165) is 36.8 Å². The van der Waals surface area contributed by atoms with Gasteiger partial charge in [-0.2, -0.15) is 4.31 Å². The number of sulfonamides is 1. The van der Waals surface area contributed by atoms with Gasteiger partial charge in [-0.25, -0.2) is 8.42 Å². The van der Waals surface area contributed by atoms with Crippen molar-refractivity contribution in [2.75, 3.05) is 18.4 Å². The van der Waals surface area contributed by atoms with Crippen LogP contribution in [0.4, 0.5) is 5.69 Å². The van der Waals surface area contributed by atoms with Gasteiger partial charge >= 0.3 is 0 Å². The summed E-state index contributed by atoms with van der Waals surface area (Å²) < 4.78 is 33.4. The van der Waals surface area contributed by atoms with Gasteiger partial charge in [-0.1, -0.05) is 38.8 Å². The summed E-state index contributed by atoms with van der Waals surface area (Å²) in [4.78, 5) is 12.9. The van der Waals surface area contributed by atoms with Crippen LogP contribution in [0.1, 0.15) is 63.5 Å². The molecule has 1 N–H and O–H groups in total. The van der Waals surface area contributed by atoms with E-state index in [0.29, 0.717) is 24.5 Å². The van der Waals surface area contributed by atoms with Crippen LogP contribution in [-0.4, -0.2) is 37.8 Å². The topological polar surface area (TPSA) is 75.7 Å². The third-order valence-corrected chi connectivity index (χ3v) is 7.70. The molecular formula is C25H34N2O4S. The Morgan fingerprint density at radius 1 is 0.969 bits per heavy atom. The molecule has 0 bridgehead atoms. The Bertz CT molecular complexity index is 1020. The molecule has 1 aliphatic rings. The number of ether oxygens (including phenoxy) is 1. The van der Waals surface area contributed by atoms with Crippen molar-refractivity contribution in [1.29, 1.82) is 0 Å². The minimum Gasteiger partial charge on any atom is -0.481 e. The van der Waals surface area contributed by atoms with Gasteiger partial charge < -0.3 is 10.1 Å².